The lowest BCUT2D eigenvalue weighted by Crippen LogP contribution is -2.43. The fourth-order valence-electron chi connectivity index (χ4n) is 2.15. The van der Waals surface area contributed by atoms with Crippen molar-refractivity contribution in [2.45, 2.75) is 31.9 Å². The predicted octanol–water partition coefficient (Wildman–Crippen LogP) is 0.695. The van der Waals surface area contributed by atoms with Gasteiger partial charge >= 0.3 is 0 Å². The van der Waals surface area contributed by atoms with Gasteiger partial charge in [0.25, 0.3) is 5.56 Å². The lowest BCUT2D eigenvalue weighted by molar-refractivity contribution is -0.00595. The van der Waals surface area contributed by atoms with Crippen LogP contribution in [-0.4, -0.2) is 39.8 Å². The van der Waals surface area contributed by atoms with Crippen LogP contribution in [-0.2, 0) is 6.54 Å². The van der Waals surface area contributed by atoms with E-state index in [-0.39, 0.29) is 5.56 Å². The number of rotatable bonds is 3. The summed E-state index contributed by atoms with van der Waals surface area (Å²) in [6.45, 7) is 5.32. The molecule has 94 valence electrons. The molecular formula is C13H20N2O2. The summed E-state index contributed by atoms with van der Waals surface area (Å²) in [7, 11) is 0. The van der Waals surface area contributed by atoms with Crippen molar-refractivity contribution < 1.29 is 5.11 Å². The standard InChI is InChI=1S/C13H20N2O2/c1-13(17)5-8-14(9-6-13)10-11-15-7-3-2-4-12(15)16/h2-4,7,17H,5-6,8-11H2,1H3. The fourth-order valence-corrected chi connectivity index (χ4v) is 2.15. The Balaban J connectivity index is 1.84. The summed E-state index contributed by atoms with van der Waals surface area (Å²) < 4.78 is 1.73. The van der Waals surface area contributed by atoms with Crippen LogP contribution in [0.3, 0.4) is 0 Å². The van der Waals surface area contributed by atoms with E-state index in [1.165, 1.54) is 0 Å². The first-order chi connectivity index (χ1) is 8.07. The van der Waals surface area contributed by atoms with Crippen LogP contribution >= 0.6 is 0 Å². The maximum absolute atomic E-state index is 11.5. The molecule has 0 unspecified atom stereocenters. The number of likely N-dealkylation sites (tertiary alicyclic amines) is 1. The average molecular weight is 236 g/mol. The highest BCUT2D eigenvalue weighted by molar-refractivity contribution is 4.93. The third-order valence-corrected chi connectivity index (χ3v) is 3.49. The Morgan fingerprint density at radius 3 is 2.65 bits per heavy atom. The van der Waals surface area contributed by atoms with Crippen molar-refractivity contribution in [3.05, 3.63) is 34.7 Å². The minimum atomic E-state index is -0.500. The number of aliphatic hydroxyl groups is 1. The normalized spacial score (nSPS) is 20.4. The summed E-state index contributed by atoms with van der Waals surface area (Å²) in [5, 5.41) is 9.84. The minimum Gasteiger partial charge on any atom is -0.390 e. The van der Waals surface area contributed by atoms with Crippen LogP contribution in [0.25, 0.3) is 0 Å². The molecular weight excluding hydrogens is 216 g/mol. The van der Waals surface area contributed by atoms with Crippen LogP contribution in [0.5, 0.6) is 0 Å². The van der Waals surface area contributed by atoms with E-state index in [2.05, 4.69) is 4.90 Å². The second kappa shape index (κ2) is 5.02. The first-order valence-electron chi connectivity index (χ1n) is 6.17. The SMILES string of the molecule is CC1(O)CCN(CCn2ccccc2=O)CC1. The third-order valence-electron chi connectivity index (χ3n) is 3.49. The van der Waals surface area contributed by atoms with E-state index < -0.39 is 5.60 Å². The molecule has 0 spiro atoms. The maximum atomic E-state index is 11.5. The summed E-state index contributed by atoms with van der Waals surface area (Å²) in [6.07, 6.45) is 3.45. The van der Waals surface area contributed by atoms with Gasteiger partial charge in [-0.15, -0.1) is 0 Å². The van der Waals surface area contributed by atoms with Gasteiger partial charge in [-0.05, 0) is 25.8 Å². The van der Waals surface area contributed by atoms with Gasteiger partial charge in [0, 0.05) is 38.4 Å². The van der Waals surface area contributed by atoms with Gasteiger partial charge in [-0.2, -0.15) is 0 Å². The number of hydrogen-bond donors (Lipinski definition) is 1. The zero-order valence-electron chi connectivity index (χ0n) is 10.3. The summed E-state index contributed by atoms with van der Waals surface area (Å²) >= 11 is 0. The van der Waals surface area contributed by atoms with Gasteiger partial charge in [-0.3, -0.25) is 4.79 Å². The Morgan fingerprint density at radius 2 is 2.00 bits per heavy atom. The van der Waals surface area contributed by atoms with E-state index in [4.69, 9.17) is 0 Å². The maximum Gasteiger partial charge on any atom is 0.250 e. The van der Waals surface area contributed by atoms with Crippen LogP contribution < -0.4 is 5.56 Å². The van der Waals surface area contributed by atoms with E-state index >= 15 is 0 Å². The number of piperidine rings is 1. The Bertz CT molecular complexity index is 415. The molecule has 0 radical (unpaired) electrons. The second-order valence-corrected chi connectivity index (χ2v) is 5.07. The highest BCUT2D eigenvalue weighted by Gasteiger charge is 2.26. The van der Waals surface area contributed by atoms with Crippen molar-refractivity contribution in [1.82, 2.24) is 9.47 Å². The van der Waals surface area contributed by atoms with E-state index in [9.17, 15) is 9.90 Å². The Kier molecular flexibility index (Phi) is 3.64. The van der Waals surface area contributed by atoms with Gasteiger partial charge in [-0.1, -0.05) is 6.07 Å². The van der Waals surface area contributed by atoms with Crippen molar-refractivity contribution in [2.24, 2.45) is 0 Å². The Hall–Kier alpha value is -1.13. The summed E-state index contributed by atoms with van der Waals surface area (Å²) in [4.78, 5) is 13.8. The molecule has 1 aliphatic rings. The zero-order chi connectivity index (χ0) is 12.3. The zero-order valence-corrected chi connectivity index (χ0v) is 10.3. The highest BCUT2D eigenvalue weighted by Crippen LogP contribution is 2.20. The predicted molar refractivity (Wildman–Crippen MR) is 67.0 cm³/mol. The lowest BCUT2D eigenvalue weighted by atomic mass is 9.94. The molecule has 1 aromatic heterocycles. The first-order valence-corrected chi connectivity index (χ1v) is 6.17. The highest BCUT2D eigenvalue weighted by atomic mass is 16.3. The minimum absolute atomic E-state index is 0.0523. The lowest BCUT2D eigenvalue weighted by Gasteiger charge is -2.35. The molecule has 0 aliphatic carbocycles. The van der Waals surface area contributed by atoms with Crippen LogP contribution in [0, 0.1) is 0 Å². The molecule has 4 heteroatoms. The average Bonchev–Trinajstić information content (AvgIpc) is 2.30. The molecule has 0 amide bonds. The molecule has 1 aliphatic heterocycles. The van der Waals surface area contributed by atoms with Crippen molar-refractivity contribution >= 4 is 0 Å². The molecule has 0 saturated carbocycles. The number of pyridine rings is 1. The summed E-state index contributed by atoms with van der Waals surface area (Å²) in [5.41, 5.74) is -0.448. The van der Waals surface area contributed by atoms with Gasteiger partial charge in [0.2, 0.25) is 0 Å². The molecule has 0 aromatic carbocycles. The Morgan fingerprint density at radius 1 is 1.29 bits per heavy atom. The van der Waals surface area contributed by atoms with Crippen LogP contribution in [0.1, 0.15) is 19.8 Å². The molecule has 4 nitrogen and oxygen atoms in total. The second-order valence-electron chi connectivity index (χ2n) is 5.07. The van der Waals surface area contributed by atoms with Crippen molar-refractivity contribution in [1.29, 1.82) is 0 Å². The van der Waals surface area contributed by atoms with Crippen molar-refractivity contribution in [2.75, 3.05) is 19.6 Å². The number of aromatic nitrogens is 1. The molecule has 2 heterocycles. The van der Waals surface area contributed by atoms with Gasteiger partial charge in [0.15, 0.2) is 0 Å². The largest absolute Gasteiger partial charge is 0.390 e. The van der Waals surface area contributed by atoms with Gasteiger partial charge in [0.05, 0.1) is 5.60 Å². The van der Waals surface area contributed by atoms with E-state index in [1.54, 1.807) is 16.7 Å². The molecule has 0 atom stereocenters. The molecule has 17 heavy (non-hydrogen) atoms. The molecule has 1 N–H and O–H groups in total. The Labute approximate surface area is 101 Å². The van der Waals surface area contributed by atoms with E-state index in [0.29, 0.717) is 0 Å². The van der Waals surface area contributed by atoms with Gasteiger partial charge < -0.3 is 14.6 Å². The third kappa shape index (κ3) is 3.41. The topological polar surface area (TPSA) is 45.5 Å². The number of hydrogen-bond acceptors (Lipinski definition) is 3. The van der Waals surface area contributed by atoms with Crippen LogP contribution in [0.2, 0.25) is 0 Å². The molecule has 1 fully saturated rings. The van der Waals surface area contributed by atoms with Gasteiger partial charge in [0.1, 0.15) is 0 Å². The monoisotopic (exact) mass is 236 g/mol. The smallest absolute Gasteiger partial charge is 0.250 e. The molecule has 1 aromatic rings. The van der Waals surface area contributed by atoms with Crippen molar-refractivity contribution in [3.63, 3.8) is 0 Å². The van der Waals surface area contributed by atoms with Crippen molar-refractivity contribution in [3.8, 4) is 0 Å². The van der Waals surface area contributed by atoms with E-state index in [0.717, 1.165) is 39.0 Å². The van der Waals surface area contributed by atoms with E-state index in [1.807, 2.05) is 19.2 Å². The summed E-state index contributed by atoms with van der Waals surface area (Å²) in [6, 6.07) is 5.22. The molecule has 2 rings (SSSR count). The number of nitrogens with zero attached hydrogens (tertiary/aromatic N) is 2. The van der Waals surface area contributed by atoms with Gasteiger partial charge in [-0.25, -0.2) is 0 Å². The fraction of sp³-hybridized carbons (Fsp3) is 0.615. The summed E-state index contributed by atoms with van der Waals surface area (Å²) in [5.74, 6) is 0. The molecule has 1 saturated heterocycles. The molecule has 0 bridgehead atoms. The first kappa shape index (κ1) is 12.3. The van der Waals surface area contributed by atoms with Crippen LogP contribution in [0.15, 0.2) is 29.2 Å². The van der Waals surface area contributed by atoms with Crippen LogP contribution in [0.4, 0.5) is 0 Å². The quantitative estimate of drug-likeness (QED) is 0.840.